The number of para-hydroxylation sites is 1. The highest BCUT2D eigenvalue weighted by Gasteiger charge is 2.32. The number of hydrogen-bond donors (Lipinski definition) is 2. The zero-order valence-electron chi connectivity index (χ0n) is 14.1. The summed E-state index contributed by atoms with van der Waals surface area (Å²) in [4.78, 5) is 50.3. The van der Waals surface area contributed by atoms with Gasteiger partial charge in [0, 0.05) is 32.1 Å². The molecule has 0 bridgehead atoms. The second kappa shape index (κ2) is 8.27. The lowest BCUT2D eigenvalue weighted by Gasteiger charge is -2.36. The van der Waals surface area contributed by atoms with E-state index in [1.54, 1.807) is 4.90 Å². The third-order valence-electron chi connectivity index (χ3n) is 3.96. The molecule has 8 heteroatoms. The van der Waals surface area contributed by atoms with Gasteiger partial charge in [0.2, 0.25) is 23.6 Å². The number of benzene rings is 1. The van der Waals surface area contributed by atoms with Gasteiger partial charge in [-0.2, -0.15) is 0 Å². The Bertz CT molecular complexity index is 662. The largest absolute Gasteiger partial charge is 0.370 e. The Morgan fingerprint density at radius 3 is 2.44 bits per heavy atom. The van der Waals surface area contributed by atoms with Crippen LogP contribution < -0.4 is 16.0 Å². The number of carbonyl (C=O) groups is 4. The summed E-state index contributed by atoms with van der Waals surface area (Å²) in [5.74, 6) is -1.50. The van der Waals surface area contributed by atoms with Gasteiger partial charge in [-0.3, -0.25) is 19.2 Å². The number of nitrogens with two attached hydrogens (primary N) is 1. The van der Waals surface area contributed by atoms with Crippen LogP contribution in [0.25, 0.3) is 0 Å². The molecule has 4 amide bonds. The number of amides is 4. The Balaban J connectivity index is 2.02. The normalized spacial score (nSPS) is 15.6. The molecule has 0 unspecified atom stereocenters. The van der Waals surface area contributed by atoms with E-state index in [-0.39, 0.29) is 37.1 Å². The van der Waals surface area contributed by atoms with Gasteiger partial charge < -0.3 is 20.9 Å². The lowest BCUT2D eigenvalue weighted by molar-refractivity contribution is -0.140. The first-order chi connectivity index (χ1) is 11.9. The number of carbonyl (C=O) groups excluding carboxylic acids is 4. The smallest absolute Gasteiger partial charge is 0.246 e. The van der Waals surface area contributed by atoms with Crippen LogP contribution in [0.5, 0.6) is 0 Å². The summed E-state index contributed by atoms with van der Waals surface area (Å²) in [7, 11) is 0. The Morgan fingerprint density at radius 2 is 1.88 bits per heavy atom. The minimum Gasteiger partial charge on any atom is -0.370 e. The van der Waals surface area contributed by atoms with Crippen LogP contribution in [0.3, 0.4) is 0 Å². The van der Waals surface area contributed by atoms with Crippen LogP contribution in [0.15, 0.2) is 30.3 Å². The Hall–Kier alpha value is -2.90. The molecule has 1 atom stereocenters. The van der Waals surface area contributed by atoms with Crippen molar-refractivity contribution in [1.29, 1.82) is 0 Å². The van der Waals surface area contributed by atoms with Gasteiger partial charge in [0.25, 0.3) is 0 Å². The standard InChI is InChI=1S/C17H22N4O4/c1-12(22)19-14(7-8-15(18)23)17(25)20-9-10-21(16(24)11-20)13-5-3-2-4-6-13/h2-6,14H,7-11H2,1H3,(H2,18,23)(H,19,22)/t14-/m0/s1. The maximum atomic E-state index is 12.6. The number of rotatable bonds is 6. The molecule has 8 nitrogen and oxygen atoms in total. The van der Waals surface area contributed by atoms with E-state index in [0.29, 0.717) is 13.1 Å². The lowest BCUT2D eigenvalue weighted by atomic mass is 10.1. The fourth-order valence-electron chi connectivity index (χ4n) is 2.75. The van der Waals surface area contributed by atoms with Crippen molar-refractivity contribution in [3.05, 3.63) is 30.3 Å². The zero-order valence-corrected chi connectivity index (χ0v) is 14.1. The molecular weight excluding hydrogens is 324 g/mol. The molecule has 1 aliphatic heterocycles. The molecule has 1 fully saturated rings. The summed E-state index contributed by atoms with van der Waals surface area (Å²) in [5, 5.41) is 2.53. The molecule has 1 saturated heterocycles. The molecule has 1 aliphatic rings. The first kappa shape index (κ1) is 18.4. The van der Waals surface area contributed by atoms with Crippen molar-refractivity contribution in [2.45, 2.75) is 25.8 Å². The lowest BCUT2D eigenvalue weighted by Crippen LogP contribution is -2.57. The Morgan fingerprint density at radius 1 is 1.20 bits per heavy atom. The average molecular weight is 346 g/mol. The van der Waals surface area contributed by atoms with Crippen LogP contribution >= 0.6 is 0 Å². The van der Waals surface area contributed by atoms with Crippen molar-refractivity contribution < 1.29 is 19.2 Å². The van der Waals surface area contributed by atoms with Crippen LogP contribution in [0, 0.1) is 0 Å². The number of anilines is 1. The Kier molecular flexibility index (Phi) is 6.10. The second-order valence-electron chi connectivity index (χ2n) is 5.90. The molecule has 1 aromatic carbocycles. The predicted octanol–water partition coefficient (Wildman–Crippen LogP) is -0.368. The van der Waals surface area contributed by atoms with Gasteiger partial charge in [-0.25, -0.2) is 0 Å². The van der Waals surface area contributed by atoms with Gasteiger partial charge >= 0.3 is 0 Å². The molecule has 0 saturated carbocycles. The summed E-state index contributed by atoms with van der Waals surface area (Å²) in [6, 6.07) is 8.36. The quantitative estimate of drug-likeness (QED) is 0.732. The van der Waals surface area contributed by atoms with Crippen molar-refractivity contribution in [3.8, 4) is 0 Å². The molecule has 1 heterocycles. The van der Waals surface area contributed by atoms with E-state index in [1.807, 2.05) is 30.3 Å². The second-order valence-corrected chi connectivity index (χ2v) is 5.90. The van der Waals surface area contributed by atoms with Crippen LogP contribution in [0.4, 0.5) is 5.69 Å². The monoisotopic (exact) mass is 346 g/mol. The molecule has 0 aliphatic carbocycles. The van der Waals surface area contributed by atoms with E-state index in [0.717, 1.165) is 5.69 Å². The zero-order chi connectivity index (χ0) is 18.4. The summed E-state index contributed by atoms with van der Waals surface area (Å²) >= 11 is 0. The van der Waals surface area contributed by atoms with Crippen LogP contribution in [-0.4, -0.2) is 54.2 Å². The van der Waals surface area contributed by atoms with E-state index in [9.17, 15) is 19.2 Å². The molecule has 134 valence electrons. The van der Waals surface area contributed by atoms with Gasteiger partial charge in [-0.15, -0.1) is 0 Å². The van der Waals surface area contributed by atoms with E-state index < -0.39 is 11.9 Å². The van der Waals surface area contributed by atoms with Gasteiger partial charge in [-0.05, 0) is 18.6 Å². The van der Waals surface area contributed by atoms with Gasteiger partial charge in [0.1, 0.15) is 12.6 Å². The molecule has 0 aromatic heterocycles. The number of nitrogens with one attached hydrogen (secondary N) is 1. The number of primary amides is 1. The highest BCUT2D eigenvalue weighted by Crippen LogP contribution is 2.17. The molecule has 0 radical (unpaired) electrons. The predicted molar refractivity (Wildman–Crippen MR) is 91.4 cm³/mol. The minimum absolute atomic E-state index is 0.0192. The van der Waals surface area contributed by atoms with Crippen molar-refractivity contribution in [3.63, 3.8) is 0 Å². The molecular formula is C17H22N4O4. The first-order valence-corrected chi connectivity index (χ1v) is 8.08. The van der Waals surface area contributed by atoms with E-state index >= 15 is 0 Å². The van der Waals surface area contributed by atoms with Crippen molar-refractivity contribution in [2.75, 3.05) is 24.5 Å². The van der Waals surface area contributed by atoms with Crippen molar-refractivity contribution >= 4 is 29.3 Å². The van der Waals surface area contributed by atoms with Gasteiger partial charge in [0.05, 0.1) is 0 Å². The van der Waals surface area contributed by atoms with E-state index in [2.05, 4.69) is 5.32 Å². The topological polar surface area (TPSA) is 113 Å². The molecule has 1 aromatic rings. The third kappa shape index (κ3) is 5.03. The van der Waals surface area contributed by atoms with E-state index in [1.165, 1.54) is 11.8 Å². The molecule has 0 spiro atoms. The minimum atomic E-state index is -0.860. The average Bonchev–Trinajstić information content (AvgIpc) is 2.58. The number of hydrogen-bond acceptors (Lipinski definition) is 4. The van der Waals surface area contributed by atoms with Crippen LogP contribution in [-0.2, 0) is 19.2 Å². The summed E-state index contributed by atoms with van der Waals surface area (Å²) in [6.45, 7) is 1.95. The van der Waals surface area contributed by atoms with Crippen LogP contribution in [0.1, 0.15) is 19.8 Å². The van der Waals surface area contributed by atoms with Crippen molar-refractivity contribution in [1.82, 2.24) is 10.2 Å². The van der Waals surface area contributed by atoms with Crippen molar-refractivity contribution in [2.24, 2.45) is 5.73 Å². The highest BCUT2D eigenvalue weighted by molar-refractivity contribution is 5.99. The van der Waals surface area contributed by atoms with Gasteiger partial charge in [-0.1, -0.05) is 18.2 Å². The Labute approximate surface area is 145 Å². The van der Waals surface area contributed by atoms with E-state index in [4.69, 9.17) is 5.73 Å². The summed E-state index contributed by atoms with van der Waals surface area (Å²) in [6.07, 6.45) is 0.0927. The maximum Gasteiger partial charge on any atom is 0.246 e. The maximum absolute atomic E-state index is 12.6. The highest BCUT2D eigenvalue weighted by atomic mass is 16.2. The molecule has 2 rings (SSSR count). The van der Waals surface area contributed by atoms with Crippen LogP contribution in [0.2, 0.25) is 0 Å². The number of piperazine rings is 1. The summed E-state index contributed by atoms with van der Waals surface area (Å²) in [5.41, 5.74) is 5.90. The fourth-order valence-corrected chi connectivity index (χ4v) is 2.75. The fraction of sp³-hybridized carbons (Fsp3) is 0.412. The number of nitrogens with zero attached hydrogens (tertiary/aromatic N) is 2. The SMILES string of the molecule is CC(=O)N[C@@H](CCC(N)=O)C(=O)N1CCN(c2ccccc2)C(=O)C1. The first-order valence-electron chi connectivity index (χ1n) is 8.08. The summed E-state index contributed by atoms with van der Waals surface area (Å²) < 4.78 is 0. The van der Waals surface area contributed by atoms with Gasteiger partial charge in [0.15, 0.2) is 0 Å². The molecule has 3 N–H and O–H groups in total. The third-order valence-corrected chi connectivity index (χ3v) is 3.96. The molecule has 25 heavy (non-hydrogen) atoms.